The van der Waals surface area contributed by atoms with Gasteiger partial charge in [0.2, 0.25) is 23.7 Å². The highest BCUT2D eigenvalue weighted by molar-refractivity contribution is 7.13. The van der Waals surface area contributed by atoms with Gasteiger partial charge in [-0.05, 0) is 112 Å². The predicted molar refractivity (Wildman–Crippen MR) is 284 cm³/mol. The van der Waals surface area contributed by atoms with Gasteiger partial charge >= 0.3 is 0 Å². The van der Waals surface area contributed by atoms with Crippen LogP contribution >= 0.6 is 11.3 Å². The molecule has 2 bridgehead atoms. The van der Waals surface area contributed by atoms with Crippen LogP contribution in [0.15, 0.2) is 84.3 Å². The van der Waals surface area contributed by atoms with Crippen LogP contribution in [0.5, 0.6) is 5.75 Å². The number of benzene rings is 2. The van der Waals surface area contributed by atoms with Gasteiger partial charge in [-0.25, -0.2) is 15.0 Å². The summed E-state index contributed by atoms with van der Waals surface area (Å²) in [5.74, 6) is -1.93. The van der Waals surface area contributed by atoms with Crippen LogP contribution in [0.4, 0.5) is 11.6 Å². The van der Waals surface area contributed by atoms with Crippen molar-refractivity contribution in [1.82, 2.24) is 40.3 Å². The van der Waals surface area contributed by atoms with Crippen molar-refractivity contribution < 1.29 is 29.6 Å². The Bertz CT molecular complexity index is 2840. The van der Waals surface area contributed by atoms with Gasteiger partial charge in [0.15, 0.2) is 5.69 Å². The van der Waals surface area contributed by atoms with Crippen LogP contribution < -0.4 is 21.3 Å². The average Bonchev–Trinajstić information content (AvgIpc) is 4.08. The predicted octanol–water partition coefficient (Wildman–Crippen LogP) is 6.69. The van der Waals surface area contributed by atoms with Crippen LogP contribution in [0, 0.1) is 29.6 Å². The van der Waals surface area contributed by atoms with E-state index in [1.54, 1.807) is 49.4 Å². The minimum Gasteiger partial charge on any atom is -0.511 e. The highest BCUT2D eigenvalue weighted by Crippen LogP contribution is 2.40. The van der Waals surface area contributed by atoms with Crippen molar-refractivity contribution in [1.29, 1.82) is 10.8 Å². The van der Waals surface area contributed by atoms with Gasteiger partial charge in [-0.15, -0.1) is 21.5 Å². The number of nitrogens with two attached hydrogens (primary N) is 1. The number of hydrogen-bond acceptors (Lipinski definition) is 17. The van der Waals surface area contributed by atoms with Crippen molar-refractivity contribution in [3.05, 3.63) is 107 Å². The van der Waals surface area contributed by atoms with E-state index in [1.807, 2.05) is 62.1 Å². The minimum atomic E-state index is -1.05. The van der Waals surface area contributed by atoms with E-state index in [9.17, 15) is 24.9 Å². The third kappa shape index (κ3) is 11.5. The number of ether oxygens (including phenoxy) is 1. The second-order valence-corrected chi connectivity index (χ2v) is 21.3. The molecule has 19 nitrogen and oxygen atoms in total. The van der Waals surface area contributed by atoms with Crippen molar-refractivity contribution in [2.75, 3.05) is 43.0 Å². The number of carbonyl (C=O) groups is 2. The molecule has 0 radical (unpaired) electrons. The number of rotatable bonds is 17. The van der Waals surface area contributed by atoms with Gasteiger partial charge in [0.05, 0.1) is 45.5 Å². The normalized spacial score (nSPS) is 22.1. The van der Waals surface area contributed by atoms with E-state index < -0.39 is 24.0 Å². The topological polar surface area (TPSA) is 276 Å². The number of para-hydroxylation sites is 1. The van der Waals surface area contributed by atoms with Gasteiger partial charge in [0.25, 0.3) is 0 Å². The molecule has 2 aromatic carbocycles. The van der Waals surface area contributed by atoms with Crippen LogP contribution in [0.2, 0.25) is 0 Å². The fourth-order valence-corrected chi connectivity index (χ4v) is 12.0. The van der Waals surface area contributed by atoms with Crippen LogP contribution in [0.3, 0.4) is 0 Å². The Balaban J connectivity index is 0.726. The molecule has 2 amide bonds. The number of phenolic OH excluding ortho intramolecular Hbond substituents is 1. The number of piperidine rings is 2. The number of aliphatic hydroxyl groups excluding tert-OH is 2. The van der Waals surface area contributed by atoms with Crippen molar-refractivity contribution >= 4 is 46.5 Å². The van der Waals surface area contributed by atoms with Gasteiger partial charge in [0.1, 0.15) is 30.0 Å². The van der Waals surface area contributed by atoms with Crippen molar-refractivity contribution in [3.63, 3.8) is 0 Å². The molecule has 6 atom stereocenters. The van der Waals surface area contributed by atoms with E-state index in [4.69, 9.17) is 31.3 Å². The zero-order chi connectivity index (χ0) is 52.2. The van der Waals surface area contributed by atoms with Gasteiger partial charge in [-0.1, -0.05) is 50.2 Å². The third-order valence-electron chi connectivity index (χ3n) is 15.1. The molecule has 20 heteroatoms. The van der Waals surface area contributed by atoms with Crippen molar-refractivity contribution in [2.24, 2.45) is 17.6 Å². The lowest BCUT2D eigenvalue weighted by molar-refractivity contribution is -0.142. The summed E-state index contributed by atoms with van der Waals surface area (Å²) in [7, 11) is 0. The number of amidine groups is 1. The molecule has 9 rings (SSSR count). The maximum absolute atomic E-state index is 14.1. The van der Waals surface area contributed by atoms with E-state index in [0.717, 1.165) is 84.8 Å². The molecule has 0 aliphatic carbocycles. The number of aromatic nitrogens is 5. The fourth-order valence-electron chi connectivity index (χ4n) is 11.2. The van der Waals surface area contributed by atoms with E-state index in [2.05, 4.69) is 35.6 Å². The number of nitrogens with zero attached hydrogens (tertiary/aromatic N) is 8. The van der Waals surface area contributed by atoms with Crippen LogP contribution in [-0.4, -0.2) is 137 Å². The molecular formula is C54H67N13O6S. The first-order valence-electron chi connectivity index (χ1n) is 25.6. The number of hydrogen-bond donors (Lipinski definition) is 8. The SMILES string of the molecule is Cc1ncsc1-c1ccc([C@H](C)NC(=O)[C@@H]2C[C@@H](O)CN2C(=O)C(/C(O)=C/C(=N)OCCN2CCC(c3cnc(N4C5CCC4CC(Nc4cc(-c6ccccc6O)nnc4C(=N)N)C5)nc3)CC2)C(C)C)cc1. The summed E-state index contributed by atoms with van der Waals surface area (Å²) in [4.78, 5) is 49.0. The highest BCUT2D eigenvalue weighted by atomic mass is 32.1. The molecule has 3 aromatic heterocycles. The number of aryl methyl sites for hydroxylation is 1. The summed E-state index contributed by atoms with van der Waals surface area (Å²) >= 11 is 1.57. The molecule has 4 fully saturated rings. The van der Waals surface area contributed by atoms with E-state index >= 15 is 0 Å². The molecule has 0 saturated carbocycles. The Morgan fingerprint density at radius 2 is 1.66 bits per heavy atom. The van der Waals surface area contributed by atoms with Gasteiger partial charge in [-0.2, -0.15) is 0 Å². The molecule has 9 N–H and O–H groups in total. The molecule has 390 valence electrons. The summed E-state index contributed by atoms with van der Waals surface area (Å²) in [5.41, 5.74) is 13.7. The number of thiazole rings is 1. The first-order valence-corrected chi connectivity index (χ1v) is 26.5. The number of nitrogen functional groups attached to an aromatic ring is 1. The molecule has 4 aliphatic rings. The molecule has 7 heterocycles. The number of aliphatic hydroxyl groups is 2. The summed E-state index contributed by atoms with van der Waals surface area (Å²) in [6.45, 7) is 9.86. The number of β-amino-alcohol motifs (C(OH)–C–C–N with tert-alkyl or cyclic N) is 1. The largest absolute Gasteiger partial charge is 0.511 e. The molecular weight excluding hydrogens is 959 g/mol. The lowest BCUT2D eigenvalue weighted by Crippen LogP contribution is -2.49. The Hall–Kier alpha value is -7.03. The van der Waals surface area contributed by atoms with Crippen LogP contribution in [-0.2, 0) is 14.3 Å². The number of carbonyl (C=O) groups excluding carboxylic acids is 2. The molecule has 3 unspecified atom stereocenters. The smallest absolute Gasteiger partial charge is 0.243 e. The zero-order valence-corrected chi connectivity index (χ0v) is 43.1. The zero-order valence-electron chi connectivity index (χ0n) is 42.3. The lowest BCUT2D eigenvalue weighted by Gasteiger charge is -2.39. The number of anilines is 2. The summed E-state index contributed by atoms with van der Waals surface area (Å²) in [6.07, 6.45) is 9.89. The van der Waals surface area contributed by atoms with Gasteiger partial charge < -0.3 is 46.2 Å². The van der Waals surface area contributed by atoms with Gasteiger partial charge in [-0.3, -0.25) is 25.3 Å². The quantitative estimate of drug-likeness (QED) is 0.0274. The number of likely N-dealkylation sites (tertiary alicyclic amines) is 2. The van der Waals surface area contributed by atoms with Crippen molar-refractivity contribution in [3.8, 4) is 27.4 Å². The lowest BCUT2D eigenvalue weighted by atomic mass is 9.91. The fraction of sp³-hybridized carbons (Fsp3) is 0.463. The van der Waals surface area contributed by atoms with Crippen molar-refractivity contribution in [2.45, 2.75) is 115 Å². The summed E-state index contributed by atoms with van der Waals surface area (Å²) in [5, 5.41) is 64.2. The third-order valence-corrected chi connectivity index (χ3v) is 16.1. The number of nitrogens with one attached hydrogen (secondary N) is 4. The average molecular weight is 1030 g/mol. The van der Waals surface area contributed by atoms with Crippen LogP contribution in [0.1, 0.15) is 100 Å². The minimum absolute atomic E-state index is 0.0448. The molecule has 4 saturated heterocycles. The number of phenols is 1. The Morgan fingerprint density at radius 3 is 2.31 bits per heavy atom. The molecule has 4 aliphatic heterocycles. The second-order valence-electron chi connectivity index (χ2n) is 20.5. The van der Waals surface area contributed by atoms with E-state index in [1.165, 1.54) is 11.0 Å². The Morgan fingerprint density at radius 1 is 0.959 bits per heavy atom. The van der Waals surface area contributed by atoms with Gasteiger partial charge in [0, 0.05) is 61.7 Å². The molecule has 5 aromatic rings. The second kappa shape index (κ2) is 22.6. The Kier molecular flexibility index (Phi) is 15.8. The number of amides is 2. The van der Waals surface area contributed by atoms with E-state index in [0.29, 0.717) is 29.4 Å². The van der Waals surface area contributed by atoms with E-state index in [-0.39, 0.29) is 84.5 Å². The highest BCUT2D eigenvalue weighted by Gasteiger charge is 2.44. The molecule has 0 spiro atoms. The first kappa shape index (κ1) is 51.9. The number of fused-ring (bicyclic) bond motifs is 2. The molecule has 74 heavy (non-hydrogen) atoms. The maximum atomic E-state index is 14.1. The number of aromatic hydroxyl groups is 1. The summed E-state index contributed by atoms with van der Waals surface area (Å²) in [6, 6.07) is 16.0. The van der Waals surface area contributed by atoms with Crippen LogP contribution in [0.25, 0.3) is 21.7 Å². The maximum Gasteiger partial charge on any atom is 0.243 e. The standard InChI is InChI=1S/C54H67N13O6S/c1-30(2)48(53(72)66-28-40(68)23-44(66)52(71)61-31(3)33-9-11-35(12-10-33)50-32(4)60-29-74-50)46(70)25-47(55)73-20-19-65-17-15-34(16-18-65)36-26-58-54(59-27-36)67-38-13-14-39(67)22-37(21-38)62-43-24-42(63-64-49(43)51(56)57)41-7-5-6-8-45(41)69/h5-12,24-27,29-31,34,37-40,44,48,55,68-70H,13-23,28H2,1-4H3,(H3,56,57)(H,61,71)(H,62,63)/b46-25-,55-47?/t31-,37?,38?,39?,40+,44-,48?/m0/s1. The monoisotopic (exact) mass is 1030 g/mol. The Labute approximate surface area is 435 Å². The summed E-state index contributed by atoms with van der Waals surface area (Å²) < 4.78 is 5.75. The first-order chi connectivity index (χ1) is 35.6.